The summed E-state index contributed by atoms with van der Waals surface area (Å²) in [6, 6.07) is 4.17. The molecule has 1 aliphatic rings. The molecule has 1 fully saturated rings. The summed E-state index contributed by atoms with van der Waals surface area (Å²) >= 11 is 0. The van der Waals surface area contributed by atoms with Gasteiger partial charge in [-0.25, -0.2) is 0 Å². The van der Waals surface area contributed by atoms with Crippen LogP contribution < -0.4 is 16.4 Å². The van der Waals surface area contributed by atoms with E-state index in [2.05, 4.69) is 10.6 Å². The molecule has 0 spiro atoms. The number of primary amides is 1. The van der Waals surface area contributed by atoms with Crippen molar-refractivity contribution in [3.05, 3.63) is 41.6 Å². The smallest absolute Gasteiger partial charge is 0.393 e. The van der Waals surface area contributed by atoms with Crippen molar-refractivity contribution in [3.8, 4) is 0 Å². The molecule has 0 bridgehead atoms. The van der Waals surface area contributed by atoms with E-state index in [4.69, 9.17) is 11.1 Å². The van der Waals surface area contributed by atoms with E-state index >= 15 is 0 Å². The number of amides is 1. The number of aliphatic hydroxyl groups is 1. The van der Waals surface area contributed by atoms with Gasteiger partial charge in [0.15, 0.2) is 0 Å². The lowest BCUT2D eigenvalue weighted by Gasteiger charge is -2.25. The molecule has 1 aliphatic carbocycles. The molecule has 0 radical (unpaired) electrons. The minimum absolute atomic E-state index is 0.0617. The number of rotatable bonds is 5. The average Bonchev–Trinajstić information content (AvgIpc) is 2.56. The molecule has 0 unspecified atom stereocenters. The van der Waals surface area contributed by atoms with Crippen LogP contribution in [0.5, 0.6) is 0 Å². The Bertz CT molecular complexity index is 678. The summed E-state index contributed by atoms with van der Waals surface area (Å²) in [6.45, 7) is 0. The van der Waals surface area contributed by atoms with Crippen molar-refractivity contribution in [2.75, 3.05) is 5.32 Å². The number of carbonyl (C=O) groups excluding carboxylic acids is 1. The first-order chi connectivity index (χ1) is 12.2. The standard InChI is InChI=1S/C17H21F3N4O2/c18-17(19,20)10-1-3-12(4-2-10)24-15(21)14(16(22)26)9-23-11-5-7-13(25)8-6-11/h1-4,9,11,13,23,25H,5-8H2,(H2,21,24)(H2,22,26)/b14-9+/t11-,13+. The zero-order valence-electron chi connectivity index (χ0n) is 13.9. The predicted octanol–water partition coefficient (Wildman–Crippen LogP) is 2.36. The van der Waals surface area contributed by atoms with Crippen LogP contribution in [-0.4, -0.2) is 29.0 Å². The molecule has 9 heteroatoms. The lowest BCUT2D eigenvalue weighted by atomic mass is 9.93. The van der Waals surface area contributed by atoms with Gasteiger partial charge in [0.2, 0.25) is 0 Å². The van der Waals surface area contributed by atoms with Gasteiger partial charge in [-0.1, -0.05) is 0 Å². The van der Waals surface area contributed by atoms with Gasteiger partial charge in [-0.15, -0.1) is 0 Å². The van der Waals surface area contributed by atoms with Crippen molar-refractivity contribution < 1.29 is 23.1 Å². The number of hydrogen-bond acceptors (Lipinski definition) is 4. The minimum atomic E-state index is -4.44. The highest BCUT2D eigenvalue weighted by atomic mass is 19.4. The van der Waals surface area contributed by atoms with Gasteiger partial charge in [0.1, 0.15) is 5.84 Å². The molecule has 0 atom stereocenters. The van der Waals surface area contributed by atoms with E-state index in [1.54, 1.807) is 0 Å². The van der Waals surface area contributed by atoms with Crippen LogP contribution in [0.3, 0.4) is 0 Å². The second-order valence-corrected chi connectivity index (χ2v) is 6.17. The van der Waals surface area contributed by atoms with Crippen LogP contribution in [0.15, 0.2) is 36.0 Å². The quantitative estimate of drug-likeness (QED) is 0.311. The van der Waals surface area contributed by atoms with E-state index in [9.17, 15) is 23.1 Å². The number of nitrogens with one attached hydrogen (secondary N) is 3. The maximum Gasteiger partial charge on any atom is 0.416 e. The first-order valence-electron chi connectivity index (χ1n) is 8.14. The first-order valence-corrected chi connectivity index (χ1v) is 8.14. The Hall–Kier alpha value is -2.55. The number of alkyl halides is 3. The number of halogens is 3. The Labute approximate surface area is 148 Å². The van der Waals surface area contributed by atoms with Crippen LogP contribution in [0.1, 0.15) is 31.2 Å². The van der Waals surface area contributed by atoms with Crippen LogP contribution in [0, 0.1) is 5.41 Å². The molecular formula is C17H21F3N4O2. The number of nitrogens with two attached hydrogens (primary N) is 1. The highest BCUT2D eigenvalue weighted by molar-refractivity contribution is 6.23. The van der Waals surface area contributed by atoms with Gasteiger partial charge >= 0.3 is 6.18 Å². The summed E-state index contributed by atoms with van der Waals surface area (Å²) in [7, 11) is 0. The molecule has 1 amide bonds. The van der Waals surface area contributed by atoms with Gasteiger partial charge < -0.3 is 21.5 Å². The SMILES string of the molecule is N=C(Nc1ccc(C(F)(F)F)cc1)/C(=C\N[C@H]1CC[C@@H](O)CC1)C(N)=O. The summed E-state index contributed by atoms with van der Waals surface area (Å²) < 4.78 is 37.7. The summed E-state index contributed by atoms with van der Waals surface area (Å²) in [5, 5.41) is 23.0. The lowest BCUT2D eigenvalue weighted by molar-refractivity contribution is -0.137. The van der Waals surface area contributed by atoms with Crippen molar-refractivity contribution in [3.63, 3.8) is 0 Å². The van der Waals surface area contributed by atoms with E-state index in [0.29, 0.717) is 12.8 Å². The molecule has 6 N–H and O–H groups in total. The molecule has 0 saturated heterocycles. The molecule has 26 heavy (non-hydrogen) atoms. The molecule has 0 aliphatic heterocycles. The topological polar surface area (TPSA) is 111 Å². The van der Waals surface area contributed by atoms with E-state index in [1.165, 1.54) is 18.3 Å². The molecule has 0 aromatic heterocycles. The normalized spacial score (nSPS) is 21.2. The largest absolute Gasteiger partial charge is 0.416 e. The first kappa shape index (κ1) is 19.8. The fourth-order valence-corrected chi connectivity index (χ4v) is 2.66. The second kappa shape index (κ2) is 8.22. The van der Waals surface area contributed by atoms with E-state index in [0.717, 1.165) is 25.0 Å². The Morgan fingerprint density at radius 2 is 1.77 bits per heavy atom. The Balaban J connectivity index is 2.01. The summed E-state index contributed by atoms with van der Waals surface area (Å²) in [6.07, 6.45) is -0.664. The molecule has 1 aromatic carbocycles. The van der Waals surface area contributed by atoms with Crippen LogP contribution in [-0.2, 0) is 11.0 Å². The molecule has 1 aromatic rings. The van der Waals surface area contributed by atoms with Crippen molar-refractivity contribution in [1.29, 1.82) is 5.41 Å². The van der Waals surface area contributed by atoms with Gasteiger partial charge in [0, 0.05) is 17.9 Å². The van der Waals surface area contributed by atoms with Crippen molar-refractivity contribution in [1.82, 2.24) is 5.32 Å². The highest BCUT2D eigenvalue weighted by Crippen LogP contribution is 2.29. The third-order valence-electron chi connectivity index (χ3n) is 4.18. The maximum absolute atomic E-state index is 12.6. The number of anilines is 1. The van der Waals surface area contributed by atoms with Gasteiger partial charge in [-0.2, -0.15) is 13.2 Å². The van der Waals surface area contributed by atoms with Crippen LogP contribution in [0.4, 0.5) is 18.9 Å². The number of amidine groups is 1. The van der Waals surface area contributed by atoms with Crippen molar-refractivity contribution >= 4 is 17.4 Å². The molecule has 6 nitrogen and oxygen atoms in total. The fraction of sp³-hybridized carbons (Fsp3) is 0.412. The second-order valence-electron chi connectivity index (χ2n) is 6.17. The monoisotopic (exact) mass is 370 g/mol. The molecule has 0 heterocycles. The predicted molar refractivity (Wildman–Crippen MR) is 91.5 cm³/mol. The molecule has 142 valence electrons. The zero-order valence-corrected chi connectivity index (χ0v) is 13.9. The number of benzene rings is 1. The highest BCUT2D eigenvalue weighted by Gasteiger charge is 2.30. The van der Waals surface area contributed by atoms with Gasteiger partial charge in [-0.3, -0.25) is 10.2 Å². The maximum atomic E-state index is 12.6. The lowest BCUT2D eigenvalue weighted by Crippen LogP contribution is -2.34. The van der Waals surface area contributed by atoms with E-state index < -0.39 is 17.6 Å². The summed E-state index contributed by atoms with van der Waals surface area (Å²) in [5.41, 5.74) is 4.61. The minimum Gasteiger partial charge on any atom is -0.393 e. The van der Waals surface area contributed by atoms with Crippen molar-refractivity contribution in [2.45, 2.75) is 44.0 Å². The fourth-order valence-electron chi connectivity index (χ4n) is 2.66. The van der Waals surface area contributed by atoms with Gasteiger partial charge in [-0.05, 0) is 49.9 Å². The summed E-state index contributed by atoms with van der Waals surface area (Å²) in [5.74, 6) is -1.15. The van der Waals surface area contributed by atoms with Crippen molar-refractivity contribution in [2.24, 2.45) is 5.73 Å². The Kier molecular flexibility index (Phi) is 6.25. The average molecular weight is 370 g/mol. The van der Waals surface area contributed by atoms with Crippen LogP contribution in [0.25, 0.3) is 0 Å². The van der Waals surface area contributed by atoms with Crippen LogP contribution >= 0.6 is 0 Å². The summed E-state index contributed by atoms with van der Waals surface area (Å²) in [4.78, 5) is 11.6. The number of carbonyl (C=O) groups is 1. The number of hydrogen-bond donors (Lipinski definition) is 5. The van der Waals surface area contributed by atoms with Gasteiger partial charge in [0.05, 0.1) is 17.2 Å². The Morgan fingerprint density at radius 3 is 2.27 bits per heavy atom. The van der Waals surface area contributed by atoms with E-state index in [-0.39, 0.29) is 29.2 Å². The van der Waals surface area contributed by atoms with Crippen LogP contribution in [0.2, 0.25) is 0 Å². The molecular weight excluding hydrogens is 349 g/mol. The third kappa shape index (κ3) is 5.48. The van der Waals surface area contributed by atoms with Gasteiger partial charge in [0.25, 0.3) is 5.91 Å². The number of aliphatic hydroxyl groups excluding tert-OH is 1. The molecule has 1 saturated carbocycles. The Morgan fingerprint density at radius 1 is 1.19 bits per heavy atom. The zero-order chi connectivity index (χ0) is 19.3. The molecule has 2 rings (SSSR count). The third-order valence-corrected chi connectivity index (χ3v) is 4.18. The van der Waals surface area contributed by atoms with E-state index in [1.807, 2.05) is 0 Å².